The Labute approximate surface area is 203 Å². The Morgan fingerprint density at radius 1 is 0.706 bits per heavy atom. The van der Waals surface area contributed by atoms with Crippen molar-refractivity contribution in [3.63, 3.8) is 0 Å². The summed E-state index contributed by atoms with van der Waals surface area (Å²) < 4.78 is 26.5. The van der Waals surface area contributed by atoms with Gasteiger partial charge in [-0.1, -0.05) is 21.6 Å². The fourth-order valence-corrected chi connectivity index (χ4v) is 5.60. The molecule has 2 amide bonds. The predicted octanol–water partition coefficient (Wildman–Crippen LogP) is 5.25. The van der Waals surface area contributed by atoms with Crippen LogP contribution in [0.4, 0.5) is 8.78 Å². The number of aromatic amines is 2. The minimum absolute atomic E-state index is 0.204. The van der Waals surface area contributed by atoms with Gasteiger partial charge in [0, 0.05) is 46.4 Å². The molecular formula is C24H24F2N4O2S2. The number of benzene rings is 2. The van der Waals surface area contributed by atoms with Gasteiger partial charge in [0.05, 0.1) is 0 Å². The van der Waals surface area contributed by atoms with Gasteiger partial charge in [0.1, 0.15) is 23.0 Å². The van der Waals surface area contributed by atoms with Gasteiger partial charge in [0.2, 0.25) is 0 Å². The number of fused-ring (bicyclic) bond motifs is 2. The molecular weight excluding hydrogens is 478 g/mol. The average Bonchev–Trinajstić information content (AvgIpc) is 3.43. The highest BCUT2D eigenvalue weighted by Crippen LogP contribution is 2.22. The Morgan fingerprint density at radius 2 is 1.15 bits per heavy atom. The van der Waals surface area contributed by atoms with Crippen LogP contribution in [0.15, 0.2) is 48.5 Å². The lowest BCUT2D eigenvalue weighted by Gasteiger charge is -2.05. The third-order valence-electron chi connectivity index (χ3n) is 5.12. The van der Waals surface area contributed by atoms with Crippen molar-refractivity contribution in [2.75, 3.05) is 24.6 Å². The van der Waals surface area contributed by atoms with E-state index in [1.54, 1.807) is 45.9 Å². The van der Waals surface area contributed by atoms with Crippen LogP contribution in [0.25, 0.3) is 21.8 Å². The maximum Gasteiger partial charge on any atom is 0.267 e. The van der Waals surface area contributed by atoms with Crippen molar-refractivity contribution in [3.8, 4) is 0 Å². The molecule has 0 saturated carbocycles. The summed E-state index contributed by atoms with van der Waals surface area (Å²) in [5, 5.41) is 7.08. The van der Waals surface area contributed by atoms with Crippen molar-refractivity contribution in [3.05, 3.63) is 71.6 Å². The van der Waals surface area contributed by atoms with E-state index in [-0.39, 0.29) is 23.4 Å². The first kappa shape index (κ1) is 24.2. The molecule has 0 spiro atoms. The highest BCUT2D eigenvalue weighted by Gasteiger charge is 2.10. The summed E-state index contributed by atoms with van der Waals surface area (Å²) in [7, 11) is 3.45. The highest BCUT2D eigenvalue weighted by molar-refractivity contribution is 8.76. The van der Waals surface area contributed by atoms with Crippen molar-refractivity contribution in [1.82, 2.24) is 20.6 Å². The molecule has 0 radical (unpaired) electrons. The molecule has 4 N–H and O–H groups in total. The van der Waals surface area contributed by atoms with Gasteiger partial charge in [-0.05, 0) is 61.4 Å². The van der Waals surface area contributed by atoms with E-state index in [1.165, 1.54) is 24.3 Å². The predicted molar refractivity (Wildman–Crippen MR) is 135 cm³/mol. The van der Waals surface area contributed by atoms with E-state index in [2.05, 4.69) is 20.6 Å². The van der Waals surface area contributed by atoms with E-state index in [0.717, 1.165) is 35.4 Å². The average molecular weight is 503 g/mol. The first-order chi connectivity index (χ1) is 16.5. The number of carbonyl (C=O) groups excluding carboxylic acids is 2. The number of carbonyl (C=O) groups is 2. The van der Waals surface area contributed by atoms with Gasteiger partial charge in [0.15, 0.2) is 0 Å². The lowest BCUT2D eigenvalue weighted by Crippen LogP contribution is -2.25. The number of amides is 2. The Morgan fingerprint density at radius 3 is 1.59 bits per heavy atom. The summed E-state index contributed by atoms with van der Waals surface area (Å²) >= 11 is 0. The molecule has 2 aromatic heterocycles. The van der Waals surface area contributed by atoms with E-state index in [1.807, 2.05) is 0 Å². The first-order valence-electron chi connectivity index (χ1n) is 10.9. The molecule has 10 heteroatoms. The van der Waals surface area contributed by atoms with Crippen molar-refractivity contribution < 1.29 is 18.4 Å². The van der Waals surface area contributed by atoms with E-state index < -0.39 is 0 Å². The molecule has 34 heavy (non-hydrogen) atoms. The molecule has 2 heterocycles. The zero-order valence-corrected chi connectivity index (χ0v) is 19.9. The number of aromatic nitrogens is 2. The SMILES string of the molecule is O=C(NCCCSSCCCNC(=O)c1cc2cc(F)ccc2[nH]1)c1cc2cc(F)ccc2[nH]1. The minimum atomic E-state index is -0.331. The summed E-state index contributed by atoms with van der Waals surface area (Å²) in [5.41, 5.74) is 2.30. The van der Waals surface area contributed by atoms with E-state index in [9.17, 15) is 18.4 Å². The molecule has 2 aromatic carbocycles. The van der Waals surface area contributed by atoms with Crippen LogP contribution in [0.3, 0.4) is 0 Å². The molecule has 6 nitrogen and oxygen atoms in total. The zero-order valence-electron chi connectivity index (χ0n) is 18.3. The molecule has 0 bridgehead atoms. The van der Waals surface area contributed by atoms with Gasteiger partial charge < -0.3 is 20.6 Å². The molecule has 0 atom stereocenters. The van der Waals surface area contributed by atoms with Gasteiger partial charge in [-0.2, -0.15) is 0 Å². The van der Waals surface area contributed by atoms with Gasteiger partial charge in [-0.3, -0.25) is 9.59 Å². The number of hydrogen-bond donors (Lipinski definition) is 4. The van der Waals surface area contributed by atoms with Crippen LogP contribution < -0.4 is 10.6 Å². The second-order valence-electron chi connectivity index (χ2n) is 7.69. The summed E-state index contributed by atoms with van der Waals surface area (Å²) in [6, 6.07) is 12.0. The number of halogens is 2. The fourth-order valence-electron chi connectivity index (χ4n) is 3.43. The van der Waals surface area contributed by atoms with Crippen molar-refractivity contribution in [2.24, 2.45) is 0 Å². The van der Waals surface area contributed by atoms with Crippen LogP contribution in [0, 0.1) is 11.6 Å². The number of nitrogens with one attached hydrogen (secondary N) is 4. The van der Waals surface area contributed by atoms with Crippen LogP contribution in [0.1, 0.15) is 33.8 Å². The fraction of sp³-hybridized carbons (Fsp3) is 0.250. The Balaban J connectivity index is 1.05. The van der Waals surface area contributed by atoms with Gasteiger partial charge >= 0.3 is 0 Å². The Bertz CT molecular complexity index is 1200. The lowest BCUT2D eigenvalue weighted by molar-refractivity contribution is 0.0941. The molecule has 0 aliphatic rings. The van der Waals surface area contributed by atoms with Crippen LogP contribution in [-0.4, -0.2) is 46.4 Å². The second kappa shape index (κ2) is 11.4. The summed E-state index contributed by atoms with van der Waals surface area (Å²) in [6.07, 6.45) is 1.66. The summed E-state index contributed by atoms with van der Waals surface area (Å²) in [5.74, 6) is 0.710. The zero-order chi connectivity index (χ0) is 23.9. The smallest absolute Gasteiger partial charge is 0.267 e. The third-order valence-corrected chi connectivity index (χ3v) is 7.70. The molecule has 4 rings (SSSR count). The first-order valence-corrected chi connectivity index (χ1v) is 13.4. The molecule has 0 saturated heterocycles. The maximum absolute atomic E-state index is 13.3. The largest absolute Gasteiger partial charge is 0.351 e. The lowest BCUT2D eigenvalue weighted by atomic mass is 10.2. The Kier molecular flexibility index (Phi) is 8.12. The van der Waals surface area contributed by atoms with Crippen molar-refractivity contribution in [1.29, 1.82) is 0 Å². The van der Waals surface area contributed by atoms with Gasteiger partial charge in [0.25, 0.3) is 11.8 Å². The number of H-pyrrole nitrogens is 2. The van der Waals surface area contributed by atoms with Crippen LogP contribution in [-0.2, 0) is 0 Å². The molecule has 0 aliphatic heterocycles. The van der Waals surface area contributed by atoms with Crippen LogP contribution in [0.2, 0.25) is 0 Å². The maximum atomic E-state index is 13.3. The molecule has 4 aromatic rings. The standard InChI is InChI=1S/C24H24F2N4O2S2/c25-17-3-5-19-15(11-17)13-21(29-19)23(31)27-7-1-9-33-34-10-2-8-28-24(32)22-14-16-12-18(26)4-6-20(16)30-22/h3-6,11-14,29-30H,1-2,7-10H2,(H,27,31)(H,28,32). The molecule has 0 aliphatic carbocycles. The molecule has 178 valence electrons. The minimum Gasteiger partial charge on any atom is -0.351 e. The Hall–Kier alpha value is -2.98. The van der Waals surface area contributed by atoms with Gasteiger partial charge in [-0.15, -0.1) is 0 Å². The normalized spacial score (nSPS) is 11.2. The summed E-state index contributed by atoms with van der Waals surface area (Å²) in [4.78, 5) is 30.4. The molecule has 0 unspecified atom stereocenters. The highest BCUT2D eigenvalue weighted by atomic mass is 33.1. The van der Waals surface area contributed by atoms with E-state index in [0.29, 0.717) is 35.2 Å². The van der Waals surface area contributed by atoms with E-state index in [4.69, 9.17) is 0 Å². The third kappa shape index (κ3) is 6.32. The topological polar surface area (TPSA) is 89.8 Å². The number of hydrogen-bond acceptors (Lipinski definition) is 4. The van der Waals surface area contributed by atoms with E-state index >= 15 is 0 Å². The monoisotopic (exact) mass is 502 g/mol. The van der Waals surface area contributed by atoms with Gasteiger partial charge in [-0.25, -0.2) is 8.78 Å². The van der Waals surface area contributed by atoms with Crippen molar-refractivity contribution >= 4 is 55.2 Å². The molecule has 0 fully saturated rings. The summed E-state index contributed by atoms with van der Waals surface area (Å²) in [6.45, 7) is 1.11. The van der Waals surface area contributed by atoms with Crippen LogP contribution in [0.5, 0.6) is 0 Å². The number of rotatable bonds is 11. The van der Waals surface area contributed by atoms with Crippen LogP contribution >= 0.6 is 21.6 Å². The second-order valence-corrected chi connectivity index (χ2v) is 10.4. The quantitative estimate of drug-likeness (QED) is 0.167. The van der Waals surface area contributed by atoms with Crippen molar-refractivity contribution in [2.45, 2.75) is 12.8 Å².